The first-order valence-corrected chi connectivity index (χ1v) is 11.6. The molecule has 3 atom stereocenters. The van der Waals surface area contributed by atoms with E-state index in [9.17, 15) is 23.5 Å². The smallest absolute Gasteiger partial charge is 0.318 e. The summed E-state index contributed by atoms with van der Waals surface area (Å²) in [7, 11) is 0. The van der Waals surface area contributed by atoms with E-state index in [1.807, 2.05) is 0 Å². The summed E-state index contributed by atoms with van der Waals surface area (Å²) in [6, 6.07) is -2.94. The van der Waals surface area contributed by atoms with Crippen molar-refractivity contribution in [1.82, 2.24) is 25.7 Å². The molecule has 0 bridgehead atoms. The molecule has 1 aromatic heterocycles. The first-order chi connectivity index (χ1) is 15.7. The van der Waals surface area contributed by atoms with Gasteiger partial charge in [0.2, 0.25) is 17.7 Å². The second-order valence-corrected chi connectivity index (χ2v) is 8.63. The van der Waals surface area contributed by atoms with Gasteiger partial charge in [-0.3, -0.25) is 4.79 Å². The van der Waals surface area contributed by atoms with Gasteiger partial charge in [-0.2, -0.15) is 0 Å². The molecular formula is C21H33F2N5O5. The van der Waals surface area contributed by atoms with E-state index in [1.54, 1.807) is 13.8 Å². The fraction of sp³-hybridized carbons (Fsp3) is 0.810. The number of urea groups is 1. The normalized spacial score (nSPS) is 19.6. The second kappa shape index (κ2) is 11.2. The highest BCUT2D eigenvalue weighted by Gasteiger charge is 2.38. The molecular weight excluding hydrogens is 440 g/mol. The van der Waals surface area contributed by atoms with Crippen LogP contribution in [0.3, 0.4) is 0 Å². The van der Waals surface area contributed by atoms with Crippen LogP contribution in [-0.2, 0) is 9.53 Å². The largest absolute Gasteiger partial charge is 0.422 e. The van der Waals surface area contributed by atoms with E-state index in [0.717, 1.165) is 12.8 Å². The number of carbonyl (C=O) groups excluding carboxylic acids is 2. The highest BCUT2D eigenvalue weighted by atomic mass is 19.3. The van der Waals surface area contributed by atoms with Gasteiger partial charge in [0, 0.05) is 31.8 Å². The number of hydrogen-bond donors (Lipinski definition) is 3. The third-order valence-electron chi connectivity index (χ3n) is 5.82. The minimum Gasteiger partial charge on any atom is -0.422 e. The Bertz CT molecular complexity index is 798. The lowest BCUT2D eigenvalue weighted by atomic mass is 10.0. The number of aliphatic hydroxyl groups excluding tert-OH is 1. The van der Waals surface area contributed by atoms with E-state index in [0.29, 0.717) is 32.2 Å². The van der Waals surface area contributed by atoms with Gasteiger partial charge in [0.25, 0.3) is 5.92 Å². The number of ether oxygens (including phenoxy) is 1. The van der Waals surface area contributed by atoms with E-state index in [4.69, 9.17) is 9.15 Å². The fourth-order valence-electron chi connectivity index (χ4n) is 3.70. The van der Waals surface area contributed by atoms with Crippen molar-refractivity contribution in [2.45, 2.75) is 82.4 Å². The second-order valence-electron chi connectivity index (χ2n) is 8.63. The van der Waals surface area contributed by atoms with Crippen LogP contribution in [-0.4, -0.2) is 76.5 Å². The molecule has 1 aliphatic heterocycles. The molecule has 0 spiro atoms. The summed E-state index contributed by atoms with van der Waals surface area (Å²) in [6.45, 7) is 4.64. The van der Waals surface area contributed by atoms with E-state index >= 15 is 0 Å². The van der Waals surface area contributed by atoms with E-state index in [2.05, 4.69) is 20.8 Å². The number of aliphatic hydroxyl groups is 1. The molecule has 186 valence electrons. The summed E-state index contributed by atoms with van der Waals surface area (Å²) < 4.78 is 39.5. The minimum atomic E-state index is -3.14. The molecule has 10 nitrogen and oxygen atoms in total. The summed E-state index contributed by atoms with van der Waals surface area (Å²) in [5, 5.41) is 23.5. The van der Waals surface area contributed by atoms with Crippen molar-refractivity contribution in [1.29, 1.82) is 0 Å². The number of nitrogens with one attached hydrogen (secondary N) is 2. The van der Waals surface area contributed by atoms with Gasteiger partial charge in [0.1, 0.15) is 6.04 Å². The molecule has 3 N–H and O–H groups in total. The van der Waals surface area contributed by atoms with Crippen LogP contribution in [0.4, 0.5) is 13.6 Å². The number of rotatable bonds is 11. The van der Waals surface area contributed by atoms with Gasteiger partial charge < -0.3 is 29.8 Å². The summed E-state index contributed by atoms with van der Waals surface area (Å²) in [6.07, 6.45) is -0.146. The number of alkyl halides is 2. The first kappa shape index (κ1) is 25.3. The molecule has 1 unspecified atom stereocenters. The van der Waals surface area contributed by atoms with Crippen LogP contribution in [0.5, 0.6) is 0 Å². The lowest BCUT2D eigenvalue weighted by Gasteiger charge is -2.31. The third-order valence-corrected chi connectivity index (χ3v) is 5.82. The Balaban J connectivity index is 1.68. The number of morpholine rings is 1. The third kappa shape index (κ3) is 7.07. The zero-order valence-electron chi connectivity index (χ0n) is 19.1. The summed E-state index contributed by atoms with van der Waals surface area (Å²) in [5.74, 6) is -3.33. The molecule has 1 saturated carbocycles. The zero-order valence-corrected chi connectivity index (χ0v) is 19.1. The van der Waals surface area contributed by atoms with Gasteiger partial charge in [-0.1, -0.05) is 20.3 Å². The van der Waals surface area contributed by atoms with Gasteiger partial charge in [0.15, 0.2) is 6.10 Å². The summed E-state index contributed by atoms with van der Waals surface area (Å²) in [5.41, 5.74) is 0. The van der Waals surface area contributed by atoms with Crippen molar-refractivity contribution >= 4 is 11.9 Å². The molecule has 2 heterocycles. The maximum Gasteiger partial charge on any atom is 0.318 e. The van der Waals surface area contributed by atoms with Gasteiger partial charge in [0.05, 0.1) is 19.3 Å². The van der Waals surface area contributed by atoms with Crippen LogP contribution in [0.25, 0.3) is 0 Å². The van der Waals surface area contributed by atoms with Gasteiger partial charge >= 0.3 is 6.03 Å². The number of aromatic nitrogens is 2. The van der Waals surface area contributed by atoms with E-state index in [-0.39, 0.29) is 24.7 Å². The van der Waals surface area contributed by atoms with Crippen LogP contribution in [0.15, 0.2) is 4.42 Å². The SMILES string of the molecule is CCCC(F)(F)C[C@H](NC(=O)N1CCOCC1)C(=O)N[C@@H](CC)C(O)c1nnc(C2CC2)o1. The highest BCUT2D eigenvalue weighted by Crippen LogP contribution is 2.39. The number of nitrogens with zero attached hydrogens (tertiary/aromatic N) is 3. The zero-order chi connectivity index (χ0) is 24.0. The van der Waals surface area contributed by atoms with Gasteiger partial charge in [-0.25, -0.2) is 13.6 Å². The lowest BCUT2D eigenvalue weighted by Crippen LogP contribution is -2.56. The van der Waals surface area contributed by atoms with Crippen LogP contribution in [0.2, 0.25) is 0 Å². The molecule has 3 amide bonds. The number of amides is 3. The van der Waals surface area contributed by atoms with Crippen molar-refractivity contribution in [3.8, 4) is 0 Å². The maximum absolute atomic E-state index is 14.4. The maximum atomic E-state index is 14.4. The average molecular weight is 474 g/mol. The molecule has 0 aromatic carbocycles. The fourth-order valence-corrected chi connectivity index (χ4v) is 3.70. The Labute approximate surface area is 191 Å². The average Bonchev–Trinajstić information content (AvgIpc) is 3.53. The van der Waals surface area contributed by atoms with Crippen molar-refractivity contribution in [2.24, 2.45) is 0 Å². The number of halogens is 2. The molecule has 2 aliphatic rings. The van der Waals surface area contributed by atoms with Gasteiger partial charge in [-0.15, -0.1) is 10.2 Å². The minimum absolute atomic E-state index is 0.0331. The Hall–Kier alpha value is -2.34. The van der Waals surface area contributed by atoms with E-state index < -0.39 is 48.9 Å². The Morgan fingerprint density at radius 2 is 1.91 bits per heavy atom. The first-order valence-electron chi connectivity index (χ1n) is 11.6. The Morgan fingerprint density at radius 1 is 1.21 bits per heavy atom. The van der Waals surface area contributed by atoms with Gasteiger partial charge in [-0.05, 0) is 19.3 Å². The molecule has 2 fully saturated rings. The quantitative estimate of drug-likeness (QED) is 0.449. The van der Waals surface area contributed by atoms with Crippen molar-refractivity contribution in [2.75, 3.05) is 26.3 Å². The Kier molecular flexibility index (Phi) is 8.57. The molecule has 1 aliphatic carbocycles. The Morgan fingerprint density at radius 3 is 2.52 bits per heavy atom. The molecule has 1 aromatic rings. The van der Waals surface area contributed by atoms with Crippen LogP contribution >= 0.6 is 0 Å². The predicted octanol–water partition coefficient (Wildman–Crippen LogP) is 2.11. The molecule has 12 heteroatoms. The molecule has 3 rings (SSSR count). The predicted molar refractivity (Wildman–Crippen MR) is 113 cm³/mol. The molecule has 1 saturated heterocycles. The lowest BCUT2D eigenvalue weighted by molar-refractivity contribution is -0.127. The van der Waals surface area contributed by atoms with Crippen LogP contribution in [0.1, 0.15) is 76.2 Å². The molecule has 0 radical (unpaired) electrons. The standard InChI is InChI=1S/C21H33F2N5O5/c1-3-7-21(22,23)12-15(25-20(31)28-8-10-32-11-9-28)17(30)24-14(4-2)16(29)19-27-26-18(33-19)13-5-6-13/h13-16,29H,3-12H2,1-2H3,(H,24,30)(H,25,31)/t14-,15-,16?/m0/s1. The van der Waals surface area contributed by atoms with Crippen LogP contribution in [0, 0.1) is 0 Å². The number of hydrogen-bond acceptors (Lipinski definition) is 7. The number of carbonyl (C=O) groups is 2. The van der Waals surface area contributed by atoms with Crippen molar-refractivity contribution < 1.29 is 32.6 Å². The summed E-state index contributed by atoms with van der Waals surface area (Å²) in [4.78, 5) is 27.0. The van der Waals surface area contributed by atoms with E-state index in [1.165, 1.54) is 4.90 Å². The van der Waals surface area contributed by atoms with Crippen molar-refractivity contribution in [3.63, 3.8) is 0 Å². The van der Waals surface area contributed by atoms with Crippen LogP contribution < -0.4 is 10.6 Å². The highest BCUT2D eigenvalue weighted by molar-refractivity contribution is 5.87. The van der Waals surface area contributed by atoms with Crippen molar-refractivity contribution in [3.05, 3.63) is 11.8 Å². The summed E-state index contributed by atoms with van der Waals surface area (Å²) >= 11 is 0. The topological polar surface area (TPSA) is 130 Å². The monoisotopic (exact) mass is 473 g/mol. The molecule has 33 heavy (non-hydrogen) atoms.